The van der Waals surface area contributed by atoms with E-state index in [1.807, 2.05) is 17.8 Å². The van der Waals surface area contributed by atoms with Crippen LogP contribution in [0.1, 0.15) is 22.3 Å². The predicted octanol–water partition coefficient (Wildman–Crippen LogP) is 1.81. The number of ether oxygens (including phenoxy) is 1. The molecule has 1 fully saturated rings. The van der Waals surface area contributed by atoms with Crippen LogP contribution in [0.3, 0.4) is 0 Å². The second-order valence-electron chi connectivity index (χ2n) is 4.57. The maximum absolute atomic E-state index is 12.0. The lowest BCUT2D eigenvalue weighted by atomic mass is 10.0. The van der Waals surface area contributed by atoms with E-state index >= 15 is 0 Å². The van der Waals surface area contributed by atoms with Crippen LogP contribution in [0.4, 0.5) is 0 Å². The van der Waals surface area contributed by atoms with Crippen molar-refractivity contribution in [2.45, 2.75) is 12.0 Å². The Morgan fingerprint density at radius 3 is 3.11 bits per heavy atom. The predicted molar refractivity (Wildman–Crippen MR) is 75.2 cm³/mol. The van der Waals surface area contributed by atoms with E-state index in [2.05, 4.69) is 5.32 Å². The number of nitriles is 1. The molecule has 1 N–H and O–H groups in total. The van der Waals surface area contributed by atoms with Crippen molar-refractivity contribution in [3.8, 4) is 6.07 Å². The summed E-state index contributed by atoms with van der Waals surface area (Å²) in [6.45, 7) is 0.506. The molecule has 1 aliphatic heterocycles. The summed E-state index contributed by atoms with van der Waals surface area (Å²) in [5.41, 5.74) is 0.758. The minimum Gasteiger partial charge on any atom is -0.376 e. The van der Waals surface area contributed by atoms with E-state index < -0.39 is 0 Å². The van der Waals surface area contributed by atoms with Gasteiger partial charge in [-0.25, -0.2) is 0 Å². The molecule has 1 unspecified atom stereocenters. The number of thioether (sulfide) groups is 1. The van der Waals surface area contributed by atoms with Gasteiger partial charge in [0.15, 0.2) is 0 Å². The molecule has 0 aromatic heterocycles. The maximum Gasteiger partial charge on any atom is 0.251 e. The van der Waals surface area contributed by atoms with Gasteiger partial charge in [-0.2, -0.15) is 17.0 Å². The van der Waals surface area contributed by atoms with Gasteiger partial charge in [-0.3, -0.25) is 4.79 Å². The minimum atomic E-state index is -0.243. The fourth-order valence-electron chi connectivity index (χ4n) is 2.03. The molecular weight excluding hydrogens is 260 g/mol. The molecule has 1 aromatic rings. The molecule has 5 heteroatoms. The van der Waals surface area contributed by atoms with Crippen molar-refractivity contribution in [2.75, 3.05) is 25.2 Å². The molecule has 19 heavy (non-hydrogen) atoms. The Hall–Kier alpha value is -1.51. The van der Waals surface area contributed by atoms with Gasteiger partial charge >= 0.3 is 0 Å². The lowest BCUT2D eigenvalue weighted by molar-refractivity contribution is 0.0137. The number of benzene rings is 1. The topological polar surface area (TPSA) is 62.1 Å². The second-order valence-corrected chi connectivity index (χ2v) is 5.67. The highest BCUT2D eigenvalue weighted by Gasteiger charge is 2.34. The Bertz CT molecular complexity index is 504. The molecule has 0 spiro atoms. The first-order valence-electron chi connectivity index (χ1n) is 6.10. The number of rotatable bonds is 4. The summed E-state index contributed by atoms with van der Waals surface area (Å²) in [7, 11) is 1.69. The Morgan fingerprint density at radius 2 is 2.47 bits per heavy atom. The number of nitrogens with zero attached hydrogens (tertiary/aromatic N) is 1. The average molecular weight is 276 g/mol. The van der Waals surface area contributed by atoms with Crippen molar-refractivity contribution in [1.82, 2.24) is 5.32 Å². The number of hydrogen-bond acceptors (Lipinski definition) is 4. The molecule has 1 aliphatic rings. The highest BCUT2D eigenvalue weighted by Crippen LogP contribution is 2.30. The smallest absolute Gasteiger partial charge is 0.251 e. The van der Waals surface area contributed by atoms with Gasteiger partial charge in [0.05, 0.1) is 17.2 Å². The molecular formula is C14H16N2O2S. The van der Waals surface area contributed by atoms with Crippen LogP contribution in [-0.2, 0) is 4.74 Å². The third-order valence-corrected chi connectivity index (χ3v) is 4.55. The minimum absolute atomic E-state index is 0.162. The van der Waals surface area contributed by atoms with E-state index in [9.17, 15) is 4.79 Å². The summed E-state index contributed by atoms with van der Waals surface area (Å²) >= 11 is 1.84. The summed E-state index contributed by atoms with van der Waals surface area (Å²) < 4.78 is 5.54. The van der Waals surface area contributed by atoms with Crippen LogP contribution in [0.2, 0.25) is 0 Å². The van der Waals surface area contributed by atoms with Crippen molar-refractivity contribution in [1.29, 1.82) is 5.26 Å². The summed E-state index contributed by atoms with van der Waals surface area (Å²) in [6.07, 6.45) is 0.951. The lowest BCUT2D eigenvalue weighted by Crippen LogP contribution is -2.44. The van der Waals surface area contributed by atoms with Crippen LogP contribution in [0.25, 0.3) is 0 Å². The van der Waals surface area contributed by atoms with Gasteiger partial charge in [0.1, 0.15) is 0 Å². The third kappa shape index (κ3) is 3.28. The van der Waals surface area contributed by atoms with Crippen molar-refractivity contribution < 1.29 is 9.53 Å². The van der Waals surface area contributed by atoms with Crippen LogP contribution in [-0.4, -0.2) is 36.7 Å². The third-order valence-electron chi connectivity index (χ3n) is 3.33. The number of methoxy groups -OCH3 is 1. The molecule has 4 nitrogen and oxygen atoms in total. The second kappa shape index (κ2) is 6.09. The normalized spacial score (nSPS) is 21.9. The van der Waals surface area contributed by atoms with Gasteiger partial charge in [-0.05, 0) is 30.4 Å². The standard InChI is InChI=1S/C14H16N2O2S/c1-18-14(5-6-19-10-14)9-16-13(17)12-4-2-3-11(7-12)8-15/h2-4,7H,5-6,9-10H2,1H3,(H,16,17). The van der Waals surface area contributed by atoms with E-state index in [1.165, 1.54) is 0 Å². The number of amides is 1. The molecule has 0 radical (unpaired) electrons. The summed E-state index contributed by atoms with van der Waals surface area (Å²) in [5, 5.41) is 11.7. The van der Waals surface area contributed by atoms with E-state index in [-0.39, 0.29) is 11.5 Å². The lowest BCUT2D eigenvalue weighted by Gasteiger charge is -2.26. The van der Waals surface area contributed by atoms with Crippen molar-refractivity contribution >= 4 is 17.7 Å². The van der Waals surface area contributed by atoms with Crippen molar-refractivity contribution in [3.05, 3.63) is 35.4 Å². The van der Waals surface area contributed by atoms with Crippen LogP contribution >= 0.6 is 11.8 Å². The molecule has 1 saturated heterocycles. The molecule has 1 aromatic carbocycles. The van der Waals surface area contributed by atoms with Crippen molar-refractivity contribution in [3.63, 3.8) is 0 Å². The molecule has 0 aliphatic carbocycles. The van der Waals surface area contributed by atoms with Gasteiger partial charge in [0.2, 0.25) is 0 Å². The zero-order chi connectivity index (χ0) is 13.7. The van der Waals surface area contributed by atoms with E-state index in [0.29, 0.717) is 17.7 Å². The molecule has 1 heterocycles. The molecule has 2 rings (SSSR count). The average Bonchev–Trinajstić information content (AvgIpc) is 2.94. The zero-order valence-electron chi connectivity index (χ0n) is 10.8. The first-order valence-corrected chi connectivity index (χ1v) is 7.26. The fraction of sp³-hybridized carbons (Fsp3) is 0.429. The van der Waals surface area contributed by atoms with Gasteiger partial charge in [-0.1, -0.05) is 6.07 Å². The highest BCUT2D eigenvalue weighted by atomic mass is 32.2. The first-order chi connectivity index (χ1) is 9.19. The Kier molecular flexibility index (Phi) is 4.46. The van der Waals surface area contributed by atoms with Gasteiger partial charge in [-0.15, -0.1) is 0 Å². The maximum atomic E-state index is 12.0. The molecule has 0 bridgehead atoms. The molecule has 100 valence electrons. The molecule has 0 saturated carbocycles. The SMILES string of the molecule is COC1(CNC(=O)c2cccc(C#N)c2)CCSC1. The Balaban J connectivity index is 1.99. The summed E-state index contributed by atoms with van der Waals surface area (Å²) in [4.78, 5) is 12.0. The Labute approximate surface area is 117 Å². The van der Waals surface area contributed by atoms with Crippen LogP contribution in [0.5, 0.6) is 0 Å². The summed E-state index contributed by atoms with van der Waals surface area (Å²) in [5.74, 6) is 1.81. The van der Waals surface area contributed by atoms with Crippen molar-refractivity contribution in [2.24, 2.45) is 0 Å². The summed E-state index contributed by atoms with van der Waals surface area (Å²) in [6, 6.07) is 8.73. The quantitative estimate of drug-likeness (QED) is 0.911. The van der Waals surface area contributed by atoms with Crippen LogP contribution < -0.4 is 5.32 Å². The van der Waals surface area contributed by atoms with Gasteiger partial charge in [0, 0.05) is 25.0 Å². The van der Waals surface area contributed by atoms with Gasteiger partial charge < -0.3 is 10.1 Å². The zero-order valence-corrected chi connectivity index (χ0v) is 11.6. The van der Waals surface area contributed by atoms with E-state index in [4.69, 9.17) is 10.00 Å². The van der Waals surface area contributed by atoms with E-state index in [1.54, 1.807) is 31.4 Å². The number of carbonyl (C=O) groups is 1. The van der Waals surface area contributed by atoms with E-state index in [0.717, 1.165) is 17.9 Å². The van der Waals surface area contributed by atoms with Crippen LogP contribution in [0, 0.1) is 11.3 Å². The Morgan fingerprint density at radius 1 is 1.63 bits per heavy atom. The van der Waals surface area contributed by atoms with Crippen LogP contribution in [0.15, 0.2) is 24.3 Å². The van der Waals surface area contributed by atoms with Gasteiger partial charge in [0.25, 0.3) is 5.91 Å². The molecule has 1 atom stereocenters. The fourth-order valence-corrected chi connectivity index (χ4v) is 3.43. The number of nitrogens with one attached hydrogen (secondary N) is 1. The highest BCUT2D eigenvalue weighted by molar-refractivity contribution is 7.99. The monoisotopic (exact) mass is 276 g/mol. The number of carbonyl (C=O) groups excluding carboxylic acids is 1. The first kappa shape index (κ1) is 13.9. The largest absolute Gasteiger partial charge is 0.376 e. The molecule has 1 amide bonds. The number of hydrogen-bond donors (Lipinski definition) is 1.